The maximum atomic E-state index is 14.0. The first-order chi connectivity index (χ1) is 18.5. The fourth-order valence-electron chi connectivity index (χ4n) is 4.39. The van der Waals surface area contributed by atoms with E-state index in [-0.39, 0.29) is 24.6 Å². The molecule has 0 saturated heterocycles. The number of thiophene rings is 2. The van der Waals surface area contributed by atoms with E-state index in [1.807, 2.05) is 41.1 Å². The SMILES string of the molecule is CC(C)(C)N(C(=O)O)C(CCCCNS(=O)(=O)Cc1ccccc1)C(=O)N(Cc1cccs1)Cc1cccs1. The molecule has 39 heavy (non-hydrogen) atoms. The second kappa shape index (κ2) is 14.1. The van der Waals surface area contributed by atoms with E-state index in [1.54, 1.807) is 72.6 Å². The highest BCUT2D eigenvalue weighted by molar-refractivity contribution is 7.88. The minimum absolute atomic E-state index is 0.105. The van der Waals surface area contributed by atoms with Gasteiger partial charge >= 0.3 is 6.09 Å². The van der Waals surface area contributed by atoms with Crippen molar-refractivity contribution in [1.29, 1.82) is 0 Å². The molecular weight excluding hydrogens is 555 g/mol. The first-order valence-electron chi connectivity index (χ1n) is 12.8. The summed E-state index contributed by atoms with van der Waals surface area (Å²) in [5.74, 6) is -0.356. The maximum absolute atomic E-state index is 14.0. The van der Waals surface area contributed by atoms with Gasteiger partial charge in [0.1, 0.15) is 6.04 Å². The molecule has 0 aliphatic carbocycles. The van der Waals surface area contributed by atoms with Crippen molar-refractivity contribution in [2.24, 2.45) is 0 Å². The lowest BCUT2D eigenvalue weighted by Gasteiger charge is -2.40. The van der Waals surface area contributed by atoms with Crippen LogP contribution in [0.5, 0.6) is 0 Å². The number of benzene rings is 1. The van der Waals surface area contributed by atoms with Crippen LogP contribution in [0.1, 0.15) is 55.4 Å². The standard InChI is InChI=1S/C28H37N3O5S3/c1-28(2,3)31(27(33)34)25(15-7-8-16-29-39(35,36)21-22-11-5-4-6-12-22)26(32)30(19-23-13-9-17-37-23)20-24-14-10-18-38-24/h4-6,9-14,17-18,25,29H,7-8,15-16,19-21H2,1-3H3,(H,33,34). The van der Waals surface area contributed by atoms with Crippen LogP contribution in [0.15, 0.2) is 65.4 Å². The van der Waals surface area contributed by atoms with E-state index in [4.69, 9.17) is 0 Å². The third kappa shape index (κ3) is 9.75. The molecule has 2 heterocycles. The molecule has 1 unspecified atom stereocenters. The van der Waals surface area contributed by atoms with Gasteiger partial charge in [0.05, 0.1) is 18.8 Å². The van der Waals surface area contributed by atoms with Crippen molar-refractivity contribution in [3.63, 3.8) is 0 Å². The molecule has 1 atom stereocenters. The average molecular weight is 592 g/mol. The second-order valence-corrected chi connectivity index (χ2v) is 14.2. The van der Waals surface area contributed by atoms with Crippen LogP contribution in [0.2, 0.25) is 0 Å². The molecule has 212 valence electrons. The Labute approximate surface area is 239 Å². The molecular formula is C28H37N3O5S3. The zero-order valence-corrected chi connectivity index (χ0v) is 25.0. The lowest BCUT2D eigenvalue weighted by Crippen LogP contribution is -2.57. The molecule has 8 nitrogen and oxygen atoms in total. The van der Waals surface area contributed by atoms with Crippen molar-refractivity contribution in [3.05, 3.63) is 80.7 Å². The molecule has 0 saturated carbocycles. The number of hydrogen-bond donors (Lipinski definition) is 2. The van der Waals surface area contributed by atoms with Crippen molar-refractivity contribution < 1.29 is 23.1 Å². The largest absolute Gasteiger partial charge is 0.465 e. The molecule has 0 spiro atoms. The van der Waals surface area contributed by atoms with Crippen LogP contribution in [0.3, 0.4) is 0 Å². The second-order valence-electron chi connectivity index (χ2n) is 10.3. The first-order valence-corrected chi connectivity index (χ1v) is 16.2. The molecule has 2 amide bonds. The van der Waals surface area contributed by atoms with Gasteiger partial charge in [-0.1, -0.05) is 42.5 Å². The molecule has 2 aromatic heterocycles. The van der Waals surface area contributed by atoms with Crippen LogP contribution in [0, 0.1) is 0 Å². The predicted octanol–water partition coefficient (Wildman–Crippen LogP) is 5.78. The molecule has 1 aromatic carbocycles. The number of carbonyl (C=O) groups excluding carboxylic acids is 1. The summed E-state index contributed by atoms with van der Waals surface area (Å²) in [4.78, 5) is 31.4. The molecule has 0 fully saturated rings. The molecule has 0 aliphatic heterocycles. The number of unbranched alkanes of at least 4 members (excludes halogenated alkanes) is 1. The van der Waals surface area contributed by atoms with Gasteiger partial charge in [-0.2, -0.15) is 0 Å². The smallest absolute Gasteiger partial charge is 0.408 e. The summed E-state index contributed by atoms with van der Waals surface area (Å²) in [6.45, 7) is 6.34. The highest BCUT2D eigenvalue weighted by Gasteiger charge is 2.39. The van der Waals surface area contributed by atoms with E-state index in [9.17, 15) is 23.1 Å². The monoisotopic (exact) mass is 591 g/mol. The Morgan fingerprint density at radius 1 is 0.923 bits per heavy atom. The van der Waals surface area contributed by atoms with Crippen molar-refractivity contribution >= 4 is 44.7 Å². The van der Waals surface area contributed by atoms with E-state index >= 15 is 0 Å². The Hall–Kier alpha value is -2.73. The normalized spacial score (nSPS) is 12.7. The lowest BCUT2D eigenvalue weighted by atomic mass is 9.98. The van der Waals surface area contributed by atoms with Crippen LogP contribution >= 0.6 is 22.7 Å². The molecule has 0 bridgehead atoms. The fourth-order valence-corrected chi connectivity index (χ4v) is 7.02. The molecule has 0 aliphatic rings. The molecule has 11 heteroatoms. The van der Waals surface area contributed by atoms with Crippen molar-refractivity contribution in [1.82, 2.24) is 14.5 Å². The van der Waals surface area contributed by atoms with Gasteiger partial charge in [-0.25, -0.2) is 17.9 Å². The maximum Gasteiger partial charge on any atom is 0.408 e. The molecule has 3 rings (SSSR count). The number of nitrogens with one attached hydrogen (secondary N) is 1. The van der Waals surface area contributed by atoms with Crippen LogP contribution in [0.25, 0.3) is 0 Å². The van der Waals surface area contributed by atoms with Crippen LogP contribution in [-0.4, -0.2) is 53.5 Å². The Balaban J connectivity index is 1.71. The van der Waals surface area contributed by atoms with E-state index in [0.29, 0.717) is 31.5 Å². The van der Waals surface area contributed by atoms with Gasteiger partial charge in [0.2, 0.25) is 15.9 Å². The third-order valence-electron chi connectivity index (χ3n) is 6.12. The summed E-state index contributed by atoms with van der Waals surface area (Å²) in [6.07, 6.45) is 0.0895. The summed E-state index contributed by atoms with van der Waals surface area (Å²) in [5.41, 5.74) is -0.101. The zero-order valence-electron chi connectivity index (χ0n) is 22.6. The lowest BCUT2D eigenvalue weighted by molar-refractivity contribution is -0.139. The minimum atomic E-state index is -3.50. The number of carboxylic acid groups (broad SMARTS) is 1. The van der Waals surface area contributed by atoms with Gasteiger partial charge in [-0.15, -0.1) is 22.7 Å². The Morgan fingerprint density at radius 2 is 1.51 bits per heavy atom. The van der Waals surface area contributed by atoms with Gasteiger partial charge in [0, 0.05) is 21.8 Å². The number of hydrogen-bond acceptors (Lipinski definition) is 6. The minimum Gasteiger partial charge on any atom is -0.465 e. The highest BCUT2D eigenvalue weighted by atomic mass is 32.2. The van der Waals surface area contributed by atoms with E-state index < -0.39 is 27.7 Å². The van der Waals surface area contributed by atoms with Crippen LogP contribution < -0.4 is 4.72 Å². The van der Waals surface area contributed by atoms with Gasteiger partial charge in [0.25, 0.3) is 0 Å². The summed E-state index contributed by atoms with van der Waals surface area (Å²) in [5, 5.41) is 14.1. The van der Waals surface area contributed by atoms with Gasteiger partial charge in [-0.05, 0) is 68.5 Å². The van der Waals surface area contributed by atoms with Gasteiger partial charge in [-0.3, -0.25) is 9.69 Å². The van der Waals surface area contributed by atoms with E-state index in [0.717, 1.165) is 9.75 Å². The summed E-state index contributed by atoms with van der Waals surface area (Å²) < 4.78 is 27.6. The van der Waals surface area contributed by atoms with Gasteiger partial charge in [0.15, 0.2) is 0 Å². The Morgan fingerprint density at radius 3 is 2.00 bits per heavy atom. The average Bonchev–Trinajstić information content (AvgIpc) is 3.56. The molecule has 0 radical (unpaired) electrons. The van der Waals surface area contributed by atoms with E-state index in [2.05, 4.69) is 4.72 Å². The van der Waals surface area contributed by atoms with Crippen LogP contribution in [0.4, 0.5) is 4.79 Å². The first kappa shape index (κ1) is 30.8. The number of carbonyl (C=O) groups is 2. The van der Waals surface area contributed by atoms with Crippen molar-refractivity contribution in [2.75, 3.05) is 6.54 Å². The summed E-state index contributed by atoms with van der Waals surface area (Å²) in [7, 11) is -3.50. The molecule has 2 N–H and O–H groups in total. The van der Waals surface area contributed by atoms with Crippen molar-refractivity contribution in [3.8, 4) is 0 Å². The summed E-state index contributed by atoms with van der Waals surface area (Å²) >= 11 is 3.11. The number of amides is 2. The zero-order chi connectivity index (χ0) is 28.5. The fraction of sp³-hybridized carbons (Fsp3) is 0.429. The number of nitrogens with zero attached hydrogens (tertiary/aromatic N) is 2. The topological polar surface area (TPSA) is 107 Å². The van der Waals surface area contributed by atoms with Crippen molar-refractivity contribution in [2.45, 2.75) is 70.5 Å². The Kier molecular flexibility index (Phi) is 11.1. The third-order valence-corrected chi connectivity index (χ3v) is 9.20. The van der Waals surface area contributed by atoms with E-state index in [1.165, 1.54) is 4.90 Å². The number of sulfonamides is 1. The highest BCUT2D eigenvalue weighted by Crippen LogP contribution is 2.25. The Bertz CT molecular complexity index is 1240. The predicted molar refractivity (Wildman–Crippen MR) is 157 cm³/mol. The summed E-state index contributed by atoms with van der Waals surface area (Å²) in [6, 6.07) is 15.9. The van der Waals surface area contributed by atoms with Gasteiger partial charge < -0.3 is 10.0 Å². The van der Waals surface area contributed by atoms with Crippen LogP contribution in [-0.2, 0) is 33.7 Å². The molecule has 3 aromatic rings. The number of rotatable bonds is 14. The quantitative estimate of drug-likeness (QED) is 0.231.